The lowest BCUT2D eigenvalue weighted by atomic mass is 9.79. The minimum atomic E-state index is -0.324. The van der Waals surface area contributed by atoms with Crippen molar-refractivity contribution in [3.8, 4) is 0 Å². The number of hydrogen-bond donors (Lipinski definition) is 1. The van der Waals surface area contributed by atoms with Gasteiger partial charge >= 0.3 is 0 Å². The molecule has 2 aliphatic heterocycles. The van der Waals surface area contributed by atoms with Crippen LogP contribution in [0.2, 0.25) is 0 Å². The summed E-state index contributed by atoms with van der Waals surface area (Å²) in [6.07, 6.45) is 5.01. The van der Waals surface area contributed by atoms with Crippen LogP contribution in [0.1, 0.15) is 39.5 Å². The molecule has 0 aromatic rings. The van der Waals surface area contributed by atoms with Gasteiger partial charge in [-0.05, 0) is 63.6 Å². The Hall–Kier alpha value is -0.0300. The van der Waals surface area contributed by atoms with Crippen molar-refractivity contribution in [1.82, 2.24) is 9.80 Å². The summed E-state index contributed by atoms with van der Waals surface area (Å²) >= 11 is 0. The van der Waals surface area contributed by atoms with E-state index in [4.69, 9.17) is 5.73 Å². The van der Waals surface area contributed by atoms with Crippen LogP contribution in [0.3, 0.4) is 0 Å². The molecule has 132 valence electrons. The van der Waals surface area contributed by atoms with Crippen molar-refractivity contribution in [2.45, 2.75) is 45.6 Å². The molecule has 0 aromatic carbocycles. The van der Waals surface area contributed by atoms with E-state index in [1.54, 1.807) is 0 Å². The van der Waals surface area contributed by atoms with E-state index in [0.29, 0.717) is 0 Å². The van der Waals surface area contributed by atoms with Crippen LogP contribution in [0.15, 0.2) is 0 Å². The van der Waals surface area contributed by atoms with Crippen molar-refractivity contribution in [3.05, 3.63) is 0 Å². The molecular formula is C16H33Cl2N3O. The second-order valence-electron chi connectivity index (χ2n) is 7.07. The first-order chi connectivity index (χ1) is 9.49. The highest BCUT2D eigenvalue weighted by Gasteiger charge is 2.32. The van der Waals surface area contributed by atoms with Gasteiger partial charge in [0.1, 0.15) is 0 Å². The number of carbonyl (C=O) groups is 1. The first kappa shape index (κ1) is 22.0. The molecule has 0 radical (unpaired) electrons. The summed E-state index contributed by atoms with van der Waals surface area (Å²) in [4.78, 5) is 16.7. The zero-order chi connectivity index (χ0) is 14.7. The number of carbonyl (C=O) groups excluding carboxylic acids is 1. The molecule has 2 aliphatic rings. The average molecular weight is 354 g/mol. The van der Waals surface area contributed by atoms with Gasteiger partial charge in [-0.3, -0.25) is 4.79 Å². The second-order valence-corrected chi connectivity index (χ2v) is 7.07. The van der Waals surface area contributed by atoms with Gasteiger partial charge in [0.25, 0.3) is 0 Å². The monoisotopic (exact) mass is 353 g/mol. The number of likely N-dealkylation sites (tertiary alicyclic amines) is 2. The van der Waals surface area contributed by atoms with Crippen LogP contribution in [0.4, 0.5) is 0 Å². The summed E-state index contributed by atoms with van der Waals surface area (Å²) in [5.74, 6) is 2.08. The van der Waals surface area contributed by atoms with Crippen molar-refractivity contribution >= 4 is 30.7 Å². The Labute approximate surface area is 148 Å². The maximum atomic E-state index is 12.3. The van der Waals surface area contributed by atoms with Crippen LogP contribution in [-0.2, 0) is 4.79 Å². The molecule has 2 fully saturated rings. The summed E-state index contributed by atoms with van der Waals surface area (Å²) in [5, 5.41) is 0. The molecule has 2 heterocycles. The summed E-state index contributed by atoms with van der Waals surface area (Å²) in [7, 11) is 2.21. The molecule has 4 nitrogen and oxygen atoms in total. The molecule has 0 aromatic heterocycles. The van der Waals surface area contributed by atoms with Gasteiger partial charge in [-0.15, -0.1) is 24.8 Å². The summed E-state index contributed by atoms with van der Waals surface area (Å²) in [6, 6.07) is -0.324. The standard InChI is InChI=1S/C16H31N3O.2ClH/c1-12(2)15(17)16(20)19-10-6-14(7-11-19)13-4-8-18(3)9-5-13;;/h12-15H,4-11,17H2,1-3H3;2*1H/t15-;;/m1../s1. The molecule has 1 amide bonds. The number of halogens is 2. The van der Waals surface area contributed by atoms with Gasteiger partial charge < -0.3 is 15.5 Å². The third-order valence-corrected chi connectivity index (χ3v) is 5.28. The lowest BCUT2D eigenvalue weighted by Gasteiger charge is -2.40. The highest BCUT2D eigenvalue weighted by atomic mass is 35.5. The van der Waals surface area contributed by atoms with Gasteiger partial charge in [0, 0.05) is 13.1 Å². The van der Waals surface area contributed by atoms with Crippen LogP contribution in [0, 0.1) is 17.8 Å². The van der Waals surface area contributed by atoms with Crippen LogP contribution in [0.25, 0.3) is 0 Å². The SMILES string of the molecule is CC(C)[C@@H](N)C(=O)N1CCC(C2CCN(C)CC2)CC1.Cl.Cl. The van der Waals surface area contributed by atoms with E-state index in [0.717, 1.165) is 24.9 Å². The van der Waals surface area contributed by atoms with Gasteiger partial charge in [0.15, 0.2) is 0 Å². The minimum Gasteiger partial charge on any atom is -0.341 e. The first-order valence-electron chi connectivity index (χ1n) is 8.22. The molecule has 0 aliphatic carbocycles. The van der Waals surface area contributed by atoms with Crippen LogP contribution >= 0.6 is 24.8 Å². The number of piperidine rings is 2. The third kappa shape index (κ3) is 5.55. The molecule has 0 unspecified atom stereocenters. The van der Waals surface area contributed by atoms with Crippen LogP contribution < -0.4 is 5.73 Å². The fourth-order valence-electron chi connectivity index (χ4n) is 3.59. The predicted octanol–water partition coefficient (Wildman–Crippen LogP) is 2.39. The van der Waals surface area contributed by atoms with Crippen molar-refractivity contribution in [1.29, 1.82) is 0 Å². The Morgan fingerprint density at radius 3 is 1.77 bits per heavy atom. The number of rotatable bonds is 3. The largest absolute Gasteiger partial charge is 0.341 e. The normalized spacial score (nSPS) is 22.9. The van der Waals surface area contributed by atoms with Gasteiger partial charge in [0.05, 0.1) is 6.04 Å². The lowest BCUT2D eigenvalue weighted by molar-refractivity contribution is -0.135. The van der Waals surface area contributed by atoms with E-state index in [1.165, 1.54) is 38.8 Å². The Bertz CT molecular complexity index is 325. The van der Waals surface area contributed by atoms with E-state index in [2.05, 4.69) is 11.9 Å². The molecule has 22 heavy (non-hydrogen) atoms. The smallest absolute Gasteiger partial charge is 0.239 e. The number of nitrogens with two attached hydrogens (primary N) is 1. The maximum absolute atomic E-state index is 12.3. The quantitative estimate of drug-likeness (QED) is 0.847. The van der Waals surface area contributed by atoms with Crippen molar-refractivity contribution < 1.29 is 4.79 Å². The Morgan fingerprint density at radius 1 is 0.955 bits per heavy atom. The molecule has 2 saturated heterocycles. The summed E-state index contributed by atoms with van der Waals surface area (Å²) in [5.41, 5.74) is 5.99. The number of hydrogen-bond acceptors (Lipinski definition) is 3. The fourth-order valence-corrected chi connectivity index (χ4v) is 3.59. The molecule has 6 heteroatoms. The van der Waals surface area contributed by atoms with Crippen molar-refractivity contribution in [3.63, 3.8) is 0 Å². The van der Waals surface area contributed by atoms with Crippen molar-refractivity contribution in [2.24, 2.45) is 23.5 Å². The minimum absolute atomic E-state index is 0. The number of nitrogens with zero attached hydrogens (tertiary/aromatic N) is 2. The van der Waals surface area contributed by atoms with Gasteiger partial charge in [-0.25, -0.2) is 0 Å². The Balaban J connectivity index is 0.00000220. The molecular weight excluding hydrogens is 321 g/mol. The topological polar surface area (TPSA) is 49.6 Å². The van der Waals surface area contributed by atoms with E-state index in [-0.39, 0.29) is 42.7 Å². The Morgan fingerprint density at radius 2 is 1.36 bits per heavy atom. The second kappa shape index (κ2) is 9.96. The highest BCUT2D eigenvalue weighted by Crippen LogP contribution is 2.32. The molecule has 0 saturated carbocycles. The highest BCUT2D eigenvalue weighted by molar-refractivity contribution is 5.85. The number of amides is 1. The average Bonchev–Trinajstić information content (AvgIpc) is 2.46. The predicted molar refractivity (Wildman–Crippen MR) is 96.8 cm³/mol. The molecule has 0 spiro atoms. The fraction of sp³-hybridized carbons (Fsp3) is 0.938. The van der Waals surface area contributed by atoms with Crippen molar-refractivity contribution in [2.75, 3.05) is 33.2 Å². The first-order valence-corrected chi connectivity index (χ1v) is 8.22. The maximum Gasteiger partial charge on any atom is 0.239 e. The molecule has 0 bridgehead atoms. The van der Waals surface area contributed by atoms with E-state index in [1.807, 2.05) is 18.7 Å². The van der Waals surface area contributed by atoms with Crippen LogP contribution in [0.5, 0.6) is 0 Å². The van der Waals surface area contributed by atoms with E-state index >= 15 is 0 Å². The summed E-state index contributed by atoms with van der Waals surface area (Å²) in [6.45, 7) is 8.35. The lowest BCUT2D eigenvalue weighted by Crippen LogP contribution is -2.50. The van der Waals surface area contributed by atoms with Gasteiger partial charge in [-0.1, -0.05) is 13.8 Å². The zero-order valence-corrected chi connectivity index (χ0v) is 15.8. The molecule has 1 atom stereocenters. The summed E-state index contributed by atoms with van der Waals surface area (Å²) < 4.78 is 0. The van der Waals surface area contributed by atoms with Gasteiger partial charge in [0.2, 0.25) is 5.91 Å². The zero-order valence-electron chi connectivity index (χ0n) is 14.2. The van der Waals surface area contributed by atoms with Gasteiger partial charge in [-0.2, -0.15) is 0 Å². The van der Waals surface area contributed by atoms with Crippen LogP contribution in [-0.4, -0.2) is 55.0 Å². The molecule has 2 N–H and O–H groups in total. The third-order valence-electron chi connectivity index (χ3n) is 5.28. The Kier molecular flexibility index (Phi) is 9.95. The van der Waals surface area contributed by atoms with E-state index in [9.17, 15) is 4.79 Å². The molecule has 2 rings (SSSR count). The van der Waals surface area contributed by atoms with E-state index < -0.39 is 0 Å².